The van der Waals surface area contributed by atoms with Crippen LogP contribution in [-0.2, 0) is 0 Å². The van der Waals surface area contributed by atoms with Crippen LogP contribution < -0.4 is 5.32 Å². The van der Waals surface area contributed by atoms with Gasteiger partial charge in [-0.2, -0.15) is 0 Å². The Balaban J connectivity index is 1.85. The summed E-state index contributed by atoms with van der Waals surface area (Å²) in [6.07, 6.45) is 1.14. The van der Waals surface area contributed by atoms with Crippen molar-refractivity contribution in [2.24, 2.45) is 0 Å². The molecule has 25 heavy (non-hydrogen) atoms. The van der Waals surface area contributed by atoms with Crippen molar-refractivity contribution in [3.8, 4) is 0 Å². The normalized spacial score (nSPS) is 17.5. The minimum absolute atomic E-state index is 0.154. The number of rotatable bonds is 3. The van der Waals surface area contributed by atoms with E-state index in [9.17, 15) is 0 Å². The smallest absolute Gasteiger partial charge is 0.0631 e. The molecule has 2 heterocycles. The van der Waals surface area contributed by atoms with E-state index in [4.69, 9.17) is 23.2 Å². The SMILES string of the molecule is Clc1ccc(C(c2csc3ccccc23)N2CCCNCC2)c(Cl)c1. The lowest BCUT2D eigenvalue weighted by molar-refractivity contribution is 0.242. The molecular formula is C20H20Cl2N2S. The van der Waals surface area contributed by atoms with E-state index >= 15 is 0 Å². The Kier molecular flexibility index (Phi) is 5.30. The summed E-state index contributed by atoms with van der Waals surface area (Å²) in [6, 6.07) is 14.7. The summed E-state index contributed by atoms with van der Waals surface area (Å²) < 4.78 is 1.32. The monoisotopic (exact) mass is 390 g/mol. The lowest BCUT2D eigenvalue weighted by atomic mass is 9.96. The second-order valence-electron chi connectivity index (χ2n) is 6.40. The first-order valence-corrected chi connectivity index (χ1v) is 10.2. The maximum Gasteiger partial charge on any atom is 0.0631 e. The molecule has 4 rings (SSSR count). The van der Waals surface area contributed by atoms with Gasteiger partial charge in [0.05, 0.1) is 6.04 Å². The van der Waals surface area contributed by atoms with E-state index in [1.165, 1.54) is 15.6 Å². The number of thiophene rings is 1. The van der Waals surface area contributed by atoms with Crippen molar-refractivity contribution in [1.82, 2.24) is 10.2 Å². The van der Waals surface area contributed by atoms with Gasteiger partial charge in [-0.05, 0) is 53.1 Å². The molecule has 0 spiro atoms. The molecule has 0 aliphatic carbocycles. The Morgan fingerprint density at radius 1 is 1.00 bits per heavy atom. The third-order valence-corrected chi connectivity index (χ3v) is 6.35. The molecule has 2 aromatic carbocycles. The van der Waals surface area contributed by atoms with E-state index in [-0.39, 0.29) is 6.04 Å². The van der Waals surface area contributed by atoms with Crippen molar-refractivity contribution >= 4 is 44.6 Å². The molecule has 1 aliphatic rings. The van der Waals surface area contributed by atoms with Crippen molar-refractivity contribution in [2.45, 2.75) is 12.5 Å². The van der Waals surface area contributed by atoms with Gasteiger partial charge in [-0.1, -0.05) is 47.5 Å². The summed E-state index contributed by atoms with van der Waals surface area (Å²) >= 11 is 14.6. The molecule has 0 radical (unpaired) electrons. The fourth-order valence-electron chi connectivity index (χ4n) is 3.62. The first-order valence-electron chi connectivity index (χ1n) is 8.60. The van der Waals surface area contributed by atoms with Crippen LogP contribution in [0.2, 0.25) is 10.0 Å². The summed E-state index contributed by atoms with van der Waals surface area (Å²) in [4.78, 5) is 2.55. The molecule has 1 saturated heterocycles. The molecule has 2 nitrogen and oxygen atoms in total. The standard InChI is InChI=1S/C20H20Cl2N2S/c21-14-6-7-16(18(22)12-14)20(24-10-3-8-23-9-11-24)17-13-25-19-5-2-1-4-15(17)19/h1-2,4-7,12-13,20,23H,3,8-11H2. The van der Waals surface area contributed by atoms with E-state index in [1.54, 1.807) is 11.3 Å². The molecule has 0 saturated carbocycles. The van der Waals surface area contributed by atoms with Gasteiger partial charge < -0.3 is 5.32 Å². The van der Waals surface area contributed by atoms with Gasteiger partial charge >= 0.3 is 0 Å². The number of nitrogens with zero attached hydrogens (tertiary/aromatic N) is 1. The minimum Gasteiger partial charge on any atom is -0.315 e. The van der Waals surface area contributed by atoms with Gasteiger partial charge in [0.25, 0.3) is 0 Å². The Morgan fingerprint density at radius 3 is 2.76 bits per heavy atom. The lowest BCUT2D eigenvalue weighted by Crippen LogP contribution is -2.33. The second-order valence-corrected chi connectivity index (χ2v) is 8.15. The Bertz CT molecular complexity index is 869. The van der Waals surface area contributed by atoms with E-state index in [0.717, 1.165) is 43.2 Å². The number of fused-ring (bicyclic) bond motifs is 1. The zero-order valence-electron chi connectivity index (χ0n) is 13.8. The molecule has 1 fully saturated rings. The summed E-state index contributed by atoms with van der Waals surface area (Å²) in [5, 5.41) is 8.53. The highest BCUT2D eigenvalue weighted by atomic mass is 35.5. The third kappa shape index (κ3) is 3.57. The van der Waals surface area contributed by atoms with Crippen molar-refractivity contribution in [1.29, 1.82) is 0 Å². The fraction of sp³-hybridized carbons (Fsp3) is 0.300. The zero-order chi connectivity index (χ0) is 17.2. The summed E-state index contributed by atoms with van der Waals surface area (Å²) in [6.45, 7) is 4.14. The quantitative estimate of drug-likeness (QED) is 0.626. The number of halogens is 2. The van der Waals surface area contributed by atoms with Crippen LogP contribution in [-0.4, -0.2) is 31.1 Å². The molecule has 1 N–H and O–H groups in total. The van der Waals surface area contributed by atoms with Crippen LogP contribution in [0.4, 0.5) is 0 Å². The summed E-state index contributed by atoms with van der Waals surface area (Å²) in [7, 11) is 0. The van der Waals surface area contributed by atoms with Crippen LogP contribution in [0.25, 0.3) is 10.1 Å². The van der Waals surface area contributed by atoms with Crippen LogP contribution in [0.15, 0.2) is 47.8 Å². The van der Waals surface area contributed by atoms with Gasteiger partial charge in [-0.3, -0.25) is 4.90 Å². The first-order chi connectivity index (χ1) is 12.2. The van der Waals surface area contributed by atoms with Gasteiger partial charge in [0.1, 0.15) is 0 Å². The van der Waals surface area contributed by atoms with Gasteiger partial charge in [-0.15, -0.1) is 11.3 Å². The van der Waals surface area contributed by atoms with Crippen LogP contribution in [0, 0.1) is 0 Å². The summed E-state index contributed by atoms with van der Waals surface area (Å²) in [5.41, 5.74) is 2.48. The maximum atomic E-state index is 6.63. The topological polar surface area (TPSA) is 15.3 Å². The predicted molar refractivity (Wildman–Crippen MR) is 109 cm³/mol. The Morgan fingerprint density at radius 2 is 1.88 bits per heavy atom. The van der Waals surface area contributed by atoms with Crippen molar-refractivity contribution < 1.29 is 0 Å². The third-order valence-electron chi connectivity index (χ3n) is 4.80. The minimum atomic E-state index is 0.154. The maximum absolute atomic E-state index is 6.63. The molecule has 1 atom stereocenters. The molecule has 1 unspecified atom stereocenters. The van der Waals surface area contributed by atoms with Gasteiger partial charge in [0.2, 0.25) is 0 Å². The van der Waals surface area contributed by atoms with E-state index in [2.05, 4.69) is 45.9 Å². The summed E-state index contributed by atoms with van der Waals surface area (Å²) in [5.74, 6) is 0. The number of hydrogen-bond acceptors (Lipinski definition) is 3. The van der Waals surface area contributed by atoms with E-state index < -0.39 is 0 Å². The van der Waals surface area contributed by atoms with Crippen LogP contribution in [0.1, 0.15) is 23.6 Å². The molecular weight excluding hydrogens is 371 g/mol. The van der Waals surface area contributed by atoms with Crippen LogP contribution in [0.5, 0.6) is 0 Å². The molecule has 1 aliphatic heterocycles. The largest absolute Gasteiger partial charge is 0.315 e. The van der Waals surface area contributed by atoms with Crippen molar-refractivity contribution in [3.05, 3.63) is 69.0 Å². The molecule has 0 amide bonds. The average molecular weight is 391 g/mol. The van der Waals surface area contributed by atoms with Gasteiger partial charge in [-0.25, -0.2) is 0 Å². The first kappa shape index (κ1) is 17.3. The van der Waals surface area contributed by atoms with Crippen molar-refractivity contribution in [3.63, 3.8) is 0 Å². The average Bonchev–Trinajstić information content (AvgIpc) is 2.84. The highest BCUT2D eigenvalue weighted by molar-refractivity contribution is 7.17. The number of benzene rings is 2. The highest BCUT2D eigenvalue weighted by Crippen LogP contribution is 2.40. The molecule has 0 bridgehead atoms. The lowest BCUT2D eigenvalue weighted by Gasteiger charge is -2.31. The Labute approximate surface area is 162 Å². The van der Waals surface area contributed by atoms with Gasteiger partial charge in [0.15, 0.2) is 0 Å². The fourth-order valence-corrected chi connectivity index (χ4v) is 5.11. The second kappa shape index (κ2) is 7.65. The zero-order valence-corrected chi connectivity index (χ0v) is 16.2. The van der Waals surface area contributed by atoms with Crippen molar-refractivity contribution in [2.75, 3.05) is 26.2 Å². The Hall–Kier alpha value is -1.10. The van der Waals surface area contributed by atoms with Crippen LogP contribution >= 0.6 is 34.5 Å². The number of nitrogens with one attached hydrogen (secondary N) is 1. The van der Waals surface area contributed by atoms with E-state index in [1.807, 2.05) is 12.1 Å². The molecule has 5 heteroatoms. The van der Waals surface area contributed by atoms with Gasteiger partial charge in [0, 0.05) is 34.4 Å². The molecule has 3 aromatic rings. The molecule has 130 valence electrons. The van der Waals surface area contributed by atoms with E-state index in [0.29, 0.717) is 5.02 Å². The molecule has 1 aromatic heterocycles. The number of hydrogen-bond donors (Lipinski definition) is 1. The highest BCUT2D eigenvalue weighted by Gasteiger charge is 2.27. The van der Waals surface area contributed by atoms with Crippen LogP contribution in [0.3, 0.4) is 0 Å². The predicted octanol–water partition coefficient (Wildman–Crippen LogP) is 5.59.